The van der Waals surface area contributed by atoms with E-state index < -0.39 is 0 Å². The molecule has 0 spiro atoms. The van der Waals surface area contributed by atoms with Gasteiger partial charge >= 0.3 is 0 Å². The Morgan fingerprint density at radius 2 is 1.96 bits per heavy atom. The van der Waals surface area contributed by atoms with E-state index in [1.54, 1.807) is 7.11 Å². The van der Waals surface area contributed by atoms with E-state index >= 15 is 0 Å². The van der Waals surface area contributed by atoms with Crippen LogP contribution in [0.4, 0.5) is 5.69 Å². The Hall–Kier alpha value is -1.61. The molecule has 1 aliphatic carbocycles. The van der Waals surface area contributed by atoms with E-state index in [-0.39, 0.29) is 0 Å². The molecule has 120 valence electrons. The fraction of sp³-hybridized carbons (Fsp3) is 0.400. The number of rotatable bonds is 4. The number of ether oxygens (including phenoxy) is 1. The first kappa shape index (κ1) is 14.9. The molecule has 0 amide bonds. The minimum absolute atomic E-state index is 0.496. The van der Waals surface area contributed by atoms with Crippen LogP contribution in [0.1, 0.15) is 30.1 Å². The summed E-state index contributed by atoms with van der Waals surface area (Å²) in [5.41, 5.74) is 2.80. The van der Waals surface area contributed by atoms with E-state index in [2.05, 4.69) is 47.4 Å². The molecule has 1 saturated carbocycles. The average Bonchev–Trinajstić information content (AvgIpc) is 3.43. The molecule has 0 aromatic heterocycles. The first-order valence-corrected chi connectivity index (χ1v) is 9.36. The van der Waals surface area contributed by atoms with Gasteiger partial charge in [-0.05, 0) is 55.0 Å². The fourth-order valence-corrected chi connectivity index (χ4v) is 4.59. The lowest BCUT2D eigenvalue weighted by Crippen LogP contribution is -2.26. The van der Waals surface area contributed by atoms with Gasteiger partial charge in [-0.25, -0.2) is 0 Å². The summed E-state index contributed by atoms with van der Waals surface area (Å²) in [6, 6.07) is 17.5. The molecule has 4 rings (SSSR count). The van der Waals surface area contributed by atoms with Crippen molar-refractivity contribution in [1.29, 1.82) is 0 Å². The van der Waals surface area contributed by atoms with Crippen molar-refractivity contribution in [1.82, 2.24) is 0 Å². The minimum Gasteiger partial charge on any atom is -0.497 e. The highest BCUT2D eigenvalue weighted by Crippen LogP contribution is 2.46. The normalized spacial score (nSPS) is 20.7. The fourth-order valence-electron chi connectivity index (χ4n) is 3.30. The van der Waals surface area contributed by atoms with E-state index in [9.17, 15) is 0 Å². The van der Waals surface area contributed by atoms with E-state index in [0.29, 0.717) is 5.25 Å². The molecule has 2 aliphatic rings. The van der Waals surface area contributed by atoms with Crippen molar-refractivity contribution in [2.45, 2.75) is 29.4 Å². The molecule has 1 aliphatic heterocycles. The zero-order chi connectivity index (χ0) is 15.6. The lowest BCUT2D eigenvalue weighted by molar-refractivity contribution is 0.414. The van der Waals surface area contributed by atoms with Crippen molar-refractivity contribution in [3.63, 3.8) is 0 Å². The summed E-state index contributed by atoms with van der Waals surface area (Å²) in [7, 11) is 1.74. The molecule has 3 heteroatoms. The van der Waals surface area contributed by atoms with Gasteiger partial charge in [-0.3, -0.25) is 0 Å². The van der Waals surface area contributed by atoms with Crippen LogP contribution in [0, 0.1) is 5.92 Å². The van der Waals surface area contributed by atoms with Crippen molar-refractivity contribution >= 4 is 17.4 Å². The Balaban J connectivity index is 1.62. The Kier molecular flexibility index (Phi) is 4.21. The van der Waals surface area contributed by atoms with E-state index in [4.69, 9.17) is 4.74 Å². The number of thioether (sulfide) groups is 1. The highest BCUT2D eigenvalue weighted by Gasteiger charge is 2.28. The van der Waals surface area contributed by atoms with E-state index in [1.807, 2.05) is 17.8 Å². The van der Waals surface area contributed by atoms with E-state index in [1.165, 1.54) is 42.0 Å². The zero-order valence-electron chi connectivity index (χ0n) is 13.6. The maximum Gasteiger partial charge on any atom is 0.119 e. The Bertz CT molecular complexity index is 683. The van der Waals surface area contributed by atoms with Crippen LogP contribution >= 0.6 is 11.8 Å². The smallest absolute Gasteiger partial charge is 0.119 e. The van der Waals surface area contributed by atoms with Crippen molar-refractivity contribution in [3.8, 4) is 5.75 Å². The van der Waals surface area contributed by atoms with Gasteiger partial charge in [0.1, 0.15) is 5.75 Å². The number of anilines is 1. The monoisotopic (exact) mass is 325 g/mol. The Morgan fingerprint density at radius 1 is 1.09 bits per heavy atom. The number of nitrogens with zero attached hydrogens (tertiary/aromatic N) is 1. The van der Waals surface area contributed by atoms with Crippen LogP contribution in [-0.2, 0) is 0 Å². The quantitative estimate of drug-likeness (QED) is 0.771. The van der Waals surface area contributed by atoms with Gasteiger partial charge in [-0.1, -0.05) is 24.3 Å². The van der Waals surface area contributed by atoms with Crippen molar-refractivity contribution in [3.05, 3.63) is 54.1 Å². The summed E-state index contributed by atoms with van der Waals surface area (Å²) >= 11 is 2.00. The second-order valence-corrected chi connectivity index (χ2v) is 7.77. The molecule has 2 nitrogen and oxygen atoms in total. The second kappa shape index (κ2) is 6.48. The lowest BCUT2D eigenvalue weighted by Gasteiger charge is -2.24. The van der Waals surface area contributed by atoms with Gasteiger partial charge in [0.15, 0.2) is 0 Å². The van der Waals surface area contributed by atoms with Crippen molar-refractivity contribution < 1.29 is 4.74 Å². The molecular formula is C20H23NOS. The molecule has 0 bridgehead atoms. The predicted octanol–water partition coefficient (Wildman–Crippen LogP) is 5.15. The molecule has 0 radical (unpaired) electrons. The number of benzene rings is 2. The van der Waals surface area contributed by atoms with Crippen molar-refractivity contribution in [2.75, 3.05) is 25.1 Å². The first-order valence-electron chi connectivity index (χ1n) is 8.48. The molecule has 1 fully saturated rings. The molecule has 1 heterocycles. The summed E-state index contributed by atoms with van der Waals surface area (Å²) < 4.78 is 5.41. The summed E-state index contributed by atoms with van der Waals surface area (Å²) in [5.74, 6) is 1.87. The molecule has 2 aromatic rings. The van der Waals surface area contributed by atoms with Gasteiger partial charge in [0.05, 0.1) is 12.8 Å². The summed E-state index contributed by atoms with van der Waals surface area (Å²) in [6.07, 6.45) is 4.00. The molecule has 1 atom stereocenters. The summed E-state index contributed by atoms with van der Waals surface area (Å²) in [4.78, 5) is 4.03. The maximum atomic E-state index is 5.41. The number of hydrogen-bond donors (Lipinski definition) is 0. The van der Waals surface area contributed by atoms with Gasteiger partial charge in [0.25, 0.3) is 0 Å². The van der Waals surface area contributed by atoms with Gasteiger partial charge in [-0.2, -0.15) is 0 Å². The summed E-state index contributed by atoms with van der Waals surface area (Å²) in [6.45, 7) is 2.37. The van der Waals surface area contributed by atoms with Crippen LogP contribution in [0.5, 0.6) is 5.75 Å². The van der Waals surface area contributed by atoms with Gasteiger partial charge in [-0.15, -0.1) is 11.8 Å². The van der Waals surface area contributed by atoms with Crippen LogP contribution in [0.25, 0.3) is 0 Å². The van der Waals surface area contributed by atoms with Crippen LogP contribution < -0.4 is 9.64 Å². The third-order valence-electron chi connectivity index (χ3n) is 4.78. The Morgan fingerprint density at radius 3 is 2.78 bits per heavy atom. The maximum absolute atomic E-state index is 5.41. The molecule has 23 heavy (non-hydrogen) atoms. The average molecular weight is 325 g/mol. The lowest BCUT2D eigenvalue weighted by atomic mass is 10.1. The molecular weight excluding hydrogens is 302 g/mol. The summed E-state index contributed by atoms with van der Waals surface area (Å²) in [5, 5.41) is 0.496. The third kappa shape index (κ3) is 3.35. The second-order valence-electron chi connectivity index (χ2n) is 6.53. The Labute approximate surface area is 142 Å². The van der Waals surface area contributed by atoms with Crippen molar-refractivity contribution in [2.24, 2.45) is 5.92 Å². The van der Waals surface area contributed by atoms with Crippen LogP contribution in [-0.4, -0.2) is 20.2 Å². The third-order valence-corrected chi connectivity index (χ3v) is 6.17. The van der Waals surface area contributed by atoms with E-state index in [0.717, 1.165) is 18.2 Å². The first-order chi connectivity index (χ1) is 11.3. The minimum atomic E-state index is 0.496. The molecule has 1 unspecified atom stereocenters. The van der Waals surface area contributed by atoms with Crippen LogP contribution in [0.2, 0.25) is 0 Å². The van der Waals surface area contributed by atoms with Gasteiger partial charge in [0, 0.05) is 23.2 Å². The zero-order valence-corrected chi connectivity index (χ0v) is 14.4. The highest BCUT2D eigenvalue weighted by molar-refractivity contribution is 7.99. The van der Waals surface area contributed by atoms with Gasteiger partial charge < -0.3 is 9.64 Å². The number of para-hydroxylation sites is 1. The molecule has 0 saturated heterocycles. The number of methoxy groups -OCH3 is 1. The van der Waals surface area contributed by atoms with Crippen LogP contribution in [0.3, 0.4) is 0 Å². The van der Waals surface area contributed by atoms with Crippen LogP contribution in [0.15, 0.2) is 53.4 Å². The molecule has 0 N–H and O–H groups in total. The number of fused-ring (bicyclic) bond motifs is 1. The molecule has 2 aromatic carbocycles. The topological polar surface area (TPSA) is 12.5 Å². The predicted molar refractivity (Wildman–Crippen MR) is 97.6 cm³/mol. The highest BCUT2D eigenvalue weighted by atomic mass is 32.2. The SMILES string of the molecule is COc1cccc(C2CCN(CC3CC3)c3ccccc3S2)c1. The standard InChI is InChI=1S/C20H23NOS/c1-22-17-6-4-5-16(13-17)19-11-12-21(14-15-9-10-15)18-7-2-3-8-20(18)23-19/h2-8,13,15,19H,9-12,14H2,1H3. The largest absolute Gasteiger partial charge is 0.497 e. The van der Waals surface area contributed by atoms with Gasteiger partial charge in [0.2, 0.25) is 0 Å². The number of hydrogen-bond acceptors (Lipinski definition) is 3.